The fourth-order valence-corrected chi connectivity index (χ4v) is 3.18. The first-order valence-corrected chi connectivity index (χ1v) is 7.76. The highest BCUT2D eigenvalue weighted by Gasteiger charge is 2.15. The van der Waals surface area contributed by atoms with Crippen LogP contribution in [0.5, 0.6) is 0 Å². The van der Waals surface area contributed by atoms with E-state index in [0.29, 0.717) is 10.8 Å². The maximum absolute atomic E-state index is 5.81. The minimum absolute atomic E-state index is 0.297. The third kappa shape index (κ3) is 2.99. The van der Waals surface area contributed by atoms with Gasteiger partial charge in [0, 0.05) is 8.95 Å². The lowest BCUT2D eigenvalue weighted by Gasteiger charge is -2.15. The smallest absolute Gasteiger partial charge is 0.163 e. The summed E-state index contributed by atoms with van der Waals surface area (Å²) >= 11 is 12.1. The molecule has 0 saturated heterocycles. The molecule has 0 spiro atoms. The highest BCUT2D eigenvalue weighted by molar-refractivity contribution is 9.11. The van der Waals surface area contributed by atoms with E-state index < -0.39 is 0 Å². The lowest BCUT2D eigenvalue weighted by atomic mass is 10.1. The Morgan fingerprint density at radius 1 is 1.20 bits per heavy atom. The first kappa shape index (κ1) is 15.3. The first-order chi connectivity index (χ1) is 9.41. The summed E-state index contributed by atoms with van der Waals surface area (Å²) in [5.41, 5.74) is 9.12. The number of nitrogens with two attached hydrogens (primary N) is 1. The van der Waals surface area contributed by atoms with Gasteiger partial charge in [-0.2, -0.15) is 5.10 Å². The van der Waals surface area contributed by atoms with Crippen LogP contribution in [-0.2, 0) is 0 Å². The SMILES string of the molecule is Cc1nnc(Nc2c(Br)cccc2Br)c(C(N)=S)c1C. The highest BCUT2D eigenvalue weighted by Crippen LogP contribution is 2.33. The summed E-state index contributed by atoms with van der Waals surface area (Å²) in [4.78, 5) is 0.297. The molecule has 0 aliphatic carbocycles. The van der Waals surface area contributed by atoms with Crippen LogP contribution in [0.3, 0.4) is 0 Å². The van der Waals surface area contributed by atoms with E-state index in [1.165, 1.54) is 0 Å². The summed E-state index contributed by atoms with van der Waals surface area (Å²) < 4.78 is 1.81. The first-order valence-electron chi connectivity index (χ1n) is 5.76. The fourth-order valence-electron chi connectivity index (χ4n) is 1.73. The van der Waals surface area contributed by atoms with Crippen molar-refractivity contribution in [3.63, 3.8) is 0 Å². The van der Waals surface area contributed by atoms with Crippen molar-refractivity contribution in [1.82, 2.24) is 10.2 Å². The second-order valence-electron chi connectivity index (χ2n) is 4.22. The summed E-state index contributed by atoms with van der Waals surface area (Å²) in [6, 6.07) is 5.80. The molecular weight excluding hydrogens is 404 g/mol. The molecule has 4 nitrogen and oxygen atoms in total. The van der Waals surface area contributed by atoms with Crippen LogP contribution in [0.25, 0.3) is 0 Å². The van der Waals surface area contributed by atoms with Gasteiger partial charge in [0.25, 0.3) is 0 Å². The number of halogens is 2. The summed E-state index contributed by atoms with van der Waals surface area (Å²) in [5.74, 6) is 0.549. The van der Waals surface area contributed by atoms with Crippen molar-refractivity contribution < 1.29 is 0 Å². The topological polar surface area (TPSA) is 63.8 Å². The van der Waals surface area contributed by atoms with Gasteiger partial charge < -0.3 is 11.1 Å². The molecule has 0 aliphatic rings. The van der Waals surface area contributed by atoms with Crippen LogP contribution >= 0.6 is 44.1 Å². The number of benzene rings is 1. The quantitative estimate of drug-likeness (QED) is 0.741. The van der Waals surface area contributed by atoms with Gasteiger partial charge >= 0.3 is 0 Å². The second kappa shape index (κ2) is 6.15. The predicted molar refractivity (Wildman–Crippen MR) is 92.5 cm³/mol. The monoisotopic (exact) mass is 414 g/mol. The molecule has 20 heavy (non-hydrogen) atoms. The van der Waals surface area contributed by atoms with Crippen molar-refractivity contribution in [2.45, 2.75) is 13.8 Å². The standard InChI is InChI=1S/C13H12Br2N4S/c1-6-7(2)18-19-13(10(6)12(16)20)17-11-8(14)4-3-5-9(11)15/h3-5H,1-2H3,(H2,16,20)(H,17,19). The van der Waals surface area contributed by atoms with Crippen LogP contribution in [0, 0.1) is 13.8 Å². The van der Waals surface area contributed by atoms with Crippen LogP contribution in [-0.4, -0.2) is 15.2 Å². The van der Waals surface area contributed by atoms with E-state index in [1.807, 2.05) is 32.0 Å². The Morgan fingerprint density at radius 3 is 2.35 bits per heavy atom. The van der Waals surface area contributed by atoms with Crippen molar-refractivity contribution in [2.24, 2.45) is 5.73 Å². The molecule has 1 aromatic heterocycles. The maximum atomic E-state index is 5.81. The number of thiocarbonyl (C=S) groups is 1. The fraction of sp³-hybridized carbons (Fsp3) is 0.154. The van der Waals surface area contributed by atoms with Crippen molar-refractivity contribution in [2.75, 3.05) is 5.32 Å². The summed E-state index contributed by atoms with van der Waals surface area (Å²) in [6.07, 6.45) is 0. The number of para-hydroxylation sites is 1. The van der Waals surface area contributed by atoms with E-state index >= 15 is 0 Å². The summed E-state index contributed by atoms with van der Waals surface area (Å²) in [5, 5.41) is 11.5. The third-order valence-corrected chi connectivity index (χ3v) is 4.43. The minimum atomic E-state index is 0.297. The van der Waals surface area contributed by atoms with Gasteiger partial charge in [0.2, 0.25) is 0 Å². The van der Waals surface area contributed by atoms with E-state index in [0.717, 1.165) is 31.5 Å². The number of anilines is 2. The molecule has 2 rings (SSSR count). The predicted octanol–water partition coefficient (Wildman–Crippen LogP) is 4.00. The van der Waals surface area contributed by atoms with Gasteiger partial charge in [0.05, 0.1) is 16.9 Å². The third-order valence-electron chi connectivity index (χ3n) is 2.91. The molecule has 0 bridgehead atoms. The van der Waals surface area contributed by atoms with Crippen LogP contribution in [0.2, 0.25) is 0 Å². The van der Waals surface area contributed by atoms with Crippen LogP contribution in [0.15, 0.2) is 27.1 Å². The van der Waals surface area contributed by atoms with Gasteiger partial charge in [-0.15, -0.1) is 5.10 Å². The molecule has 0 unspecified atom stereocenters. The molecule has 1 heterocycles. The Hall–Kier alpha value is -1.05. The maximum Gasteiger partial charge on any atom is 0.163 e. The molecule has 0 atom stereocenters. The zero-order valence-electron chi connectivity index (χ0n) is 10.9. The number of nitrogens with one attached hydrogen (secondary N) is 1. The normalized spacial score (nSPS) is 10.4. The molecule has 0 fully saturated rings. The lowest BCUT2D eigenvalue weighted by molar-refractivity contribution is 0.963. The molecule has 0 radical (unpaired) electrons. The number of aromatic nitrogens is 2. The Kier molecular flexibility index (Phi) is 4.72. The van der Waals surface area contributed by atoms with Crippen molar-refractivity contribution in [3.8, 4) is 0 Å². The van der Waals surface area contributed by atoms with E-state index in [2.05, 4.69) is 47.4 Å². The van der Waals surface area contributed by atoms with Crippen LogP contribution in [0.4, 0.5) is 11.5 Å². The average molecular weight is 416 g/mol. The minimum Gasteiger partial charge on any atom is -0.389 e. The molecule has 3 N–H and O–H groups in total. The van der Waals surface area contributed by atoms with E-state index in [-0.39, 0.29) is 0 Å². The number of nitrogens with zero attached hydrogens (tertiary/aromatic N) is 2. The van der Waals surface area contributed by atoms with Crippen LogP contribution in [0.1, 0.15) is 16.8 Å². The highest BCUT2D eigenvalue weighted by atomic mass is 79.9. The van der Waals surface area contributed by atoms with Gasteiger partial charge in [-0.1, -0.05) is 18.3 Å². The molecular formula is C13H12Br2N4S. The van der Waals surface area contributed by atoms with E-state index in [9.17, 15) is 0 Å². The number of aryl methyl sites for hydroxylation is 1. The van der Waals surface area contributed by atoms with Gasteiger partial charge in [0.1, 0.15) is 4.99 Å². The largest absolute Gasteiger partial charge is 0.389 e. The van der Waals surface area contributed by atoms with E-state index in [4.69, 9.17) is 18.0 Å². The zero-order valence-corrected chi connectivity index (χ0v) is 14.9. The Balaban J connectivity index is 2.55. The molecule has 0 amide bonds. The van der Waals surface area contributed by atoms with Crippen molar-refractivity contribution in [1.29, 1.82) is 0 Å². The second-order valence-corrected chi connectivity index (χ2v) is 6.37. The number of hydrogen-bond donors (Lipinski definition) is 2. The van der Waals surface area contributed by atoms with Crippen molar-refractivity contribution in [3.05, 3.63) is 44.0 Å². The van der Waals surface area contributed by atoms with Gasteiger partial charge in [-0.05, 0) is 63.4 Å². The van der Waals surface area contributed by atoms with E-state index in [1.54, 1.807) is 0 Å². The molecule has 0 aliphatic heterocycles. The Morgan fingerprint density at radius 2 is 1.80 bits per heavy atom. The van der Waals surface area contributed by atoms with Gasteiger partial charge in [-0.25, -0.2) is 0 Å². The molecule has 1 aromatic carbocycles. The summed E-state index contributed by atoms with van der Waals surface area (Å²) in [7, 11) is 0. The number of rotatable bonds is 3. The lowest BCUT2D eigenvalue weighted by Crippen LogP contribution is -2.17. The molecule has 2 aromatic rings. The average Bonchev–Trinajstić information content (AvgIpc) is 2.37. The van der Waals surface area contributed by atoms with Gasteiger partial charge in [-0.3, -0.25) is 0 Å². The van der Waals surface area contributed by atoms with Crippen LogP contribution < -0.4 is 11.1 Å². The summed E-state index contributed by atoms with van der Waals surface area (Å²) in [6.45, 7) is 3.81. The Labute approximate surface area is 139 Å². The molecule has 0 saturated carbocycles. The van der Waals surface area contributed by atoms with Gasteiger partial charge in [0.15, 0.2) is 5.82 Å². The van der Waals surface area contributed by atoms with Crippen molar-refractivity contribution >= 4 is 60.6 Å². The Bertz CT molecular complexity index is 668. The zero-order chi connectivity index (χ0) is 14.9. The molecule has 7 heteroatoms. The number of hydrogen-bond acceptors (Lipinski definition) is 4. The molecule has 104 valence electrons.